The van der Waals surface area contributed by atoms with Crippen LogP contribution in [0.25, 0.3) is 0 Å². The van der Waals surface area contributed by atoms with E-state index in [-0.39, 0.29) is 10.6 Å². The number of nitrogens with zero attached hydrogens (tertiary/aromatic N) is 1. The van der Waals surface area contributed by atoms with Crippen molar-refractivity contribution in [1.82, 2.24) is 10.2 Å². The zero-order valence-corrected chi connectivity index (χ0v) is 5.08. The highest BCUT2D eigenvalue weighted by Crippen LogP contribution is 2.04. The van der Waals surface area contributed by atoms with Gasteiger partial charge >= 0.3 is 0 Å². The highest BCUT2D eigenvalue weighted by molar-refractivity contribution is 6.30. The van der Waals surface area contributed by atoms with Gasteiger partial charge < -0.3 is 0 Å². The fourth-order valence-electron chi connectivity index (χ4n) is 0.365. The van der Waals surface area contributed by atoms with Gasteiger partial charge in [-0.15, -0.1) is 0 Å². The van der Waals surface area contributed by atoms with Gasteiger partial charge in [0.05, 0.1) is 1.37 Å². The van der Waals surface area contributed by atoms with Crippen LogP contribution in [0.4, 0.5) is 0 Å². The molecule has 48 valence electrons. The Morgan fingerprint density at radius 1 is 2.11 bits per heavy atom. The summed E-state index contributed by atoms with van der Waals surface area (Å²) in [6.45, 7) is -2.51. The Kier molecular flexibility index (Phi) is 0.689. The first-order chi connectivity index (χ1) is 5.84. The van der Waals surface area contributed by atoms with E-state index in [1.807, 2.05) is 0 Å². The van der Waals surface area contributed by atoms with Crippen LogP contribution in [0.1, 0.15) is 11.0 Å². The molecule has 0 saturated carbocycles. The first-order valence-electron chi connectivity index (χ1n) is 4.14. The van der Waals surface area contributed by atoms with E-state index >= 15 is 0 Å². The second kappa shape index (κ2) is 2.19. The molecule has 0 radical (unpaired) electrons. The Balaban J connectivity index is 3.52. The molecular weight excluding hydrogens is 138 g/mol. The number of nitrogens with one attached hydrogen (secondary N) is 2. The maximum absolute atomic E-state index is 7.29. The van der Waals surface area contributed by atoms with Crippen molar-refractivity contribution >= 4 is 11.6 Å². The maximum Gasteiger partial charge on any atom is 0.152 e. The Bertz CT molecular complexity index is 382. The zero-order valence-electron chi connectivity index (χ0n) is 8.33. The lowest BCUT2D eigenvalue weighted by atomic mass is 10.3. The lowest BCUT2D eigenvalue weighted by Crippen LogP contribution is -2.06. The van der Waals surface area contributed by atoms with Crippen LogP contribution in [-0.4, -0.2) is 10.2 Å². The third kappa shape index (κ3) is 1.29. The molecule has 0 aliphatic heterocycles. The van der Waals surface area contributed by atoms with Gasteiger partial charge in [-0.2, -0.15) is 5.10 Å². The van der Waals surface area contributed by atoms with Crippen molar-refractivity contribution in [2.75, 3.05) is 0 Å². The summed E-state index contributed by atoms with van der Waals surface area (Å²) in [6, 6.07) is -0.444. The normalized spacial score (nSPS) is 17.4. The van der Waals surface area contributed by atoms with Crippen molar-refractivity contribution < 1.29 is 5.48 Å². The summed E-state index contributed by atoms with van der Waals surface area (Å²) in [6.07, 6.45) is 0. The fraction of sp³-hybridized carbons (Fsp3) is 0.200. The van der Waals surface area contributed by atoms with E-state index < -0.39 is 18.5 Å². The molecule has 1 heterocycles. The minimum atomic E-state index is -2.51. The maximum atomic E-state index is 7.29. The summed E-state index contributed by atoms with van der Waals surface area (Å²) in [7, 11) is 0. The van der Waals surface area contributed by atoms with Gasteiger partial charge in [0, 0.05) is 4.11 Å². The topological polar surface area (TPSA) is 52.5 Å². The highest BCUT2D eigenvalue weighted by atomic mass is 35.5. The van der Waals surface area contributed by atoms with Crippen LogP contribution >= 0.6 is 11.6 Å². The van der Waals surface area contributed by atoms with Crippen molar-refractivity contribution in [2.45, 2.75) is 6.85 Å². The van der Waals surface area contributed by atoms with Gasteiger partial charge in [-0.05, 0) is 18.5 Å². The summed E-state index contributed by atoms with van der Waals surface area (Å²) >= 11 is 5.48. The molecule has 0 spiro atoms. The van der Waals surface area contributed by atoms with Gasteiger partial charge in [0.15, 0.2) is 5.15 Å². The molecule has 1 rings (SSSR count). The molecule has 0 bridgehead atoms. The van der Waals surface area contributed by atoms with E-state index in [0.717, 1.165) is 0 Å². The van der Waals surface area contributed by atoms with Crippen molar-refractivity contribution in [2.24, 2.45) is 0 Å². The molecule has 0 aromatic carbocycles. The largest absolute Gasteiger partial charge is 0.283 e. The summed E-state index contributed by atoms with van der Waals surface area (Å²) in [4.78, 5) is 0. The van der Waals surface area contributed by atoms with Crippen molar-refractivity contribution in [3.05, 3.63) is 22.2 Å². The van der Waals surface area contributed by atoms with E-state index in [9.17, 15) is 0 Å². The Morgan fingerprint density at radius 3 is 3.44 bits per heavy atom. The molecule has 0 amide bonds. The summed E-state index contributed by atoms with van der Waals surface area (Å²) < 4.78 is 28.4. The second-order valence-electron chi connectivity index (χ2n) is 1.39. The van der Waals surface area contributed by atoms with Gasteiger partial charge in [0.25, 0.3) is 0 Å². The fourth-order valence-corrected chi connectivity index (χ4v) is 0.455. The molecule has 4 heteroatoms. The van der Waals surface area contributed by atoms with Gasteiger partial charge in [0.2, 0.25) is 0 Å². The van der Waals surface area contributed by atoms with Crippen LogP contribution in [0.15, 0.2) is 6.04 Å². The van der Waals surface area contributed by atoms with Crippen LogP contribution < -0.4 is 5.49 Å². The number of rotatable bonds is 0. The molecule has 1 aromatic heterocycles. The van der Waals surface area contributed by atoms with Gasteiger partial charge in [-0.1, -0.05) is 11.6 Å². The smallest absolute Gasteiger partial charge is 0.152 e. The average Bonchev–Trinajstić information content (AvgIpc) is 1.95. The Hall–Kier alpha value is -0.830. The lowest BCUT2D eigenvalue weighted by molar-refractivity contribution is 0.923. The van der Waals surface area contributed by atoms with Crippen LogP contribution in [-0.2, 0) is 0 Å². The summed E-state index contributed by atoms with van der Waals surface area (Å²) in [5.41, 5.74) is -0.756. The van der Waals surface area contributed by atoms with Gasteiger partial charge in [-0.3, -0.25) is 10.5 Å². The molecule has 0 aliphatic rings. The number of hydrogen-bond donors (Lipinski definition) is 2. The molecule has 0 unspecified atom stereocenters. The third-order valence-electron chi connectivity index (χ3n) is 0.722. The molecule has 1 aromatic rings. The number of aromatic nitrogens is 2. The van der Waals surface area contributed by atoms with Crippen molar-refractivity contribution in [1.29, 1.82) is 5.41 Å². The van der Waals surface area contributed by atoms with Crippen LogP contribution in [0, 0.1) is 12.3 Å². The molecule has 3 nitrogen and oxygen atoms in total. The Labute approximate surface area is 62.8 Å². The standard InChI is InChI=1S/C5H6ClN3/c1-3-2-4(7)8-9-5(3)6/h2H,1H3,(H2,7,8)/i1D3,2D. The van der Waals surface area contributed by atoms with Crippen molar-refractivity contribution in [3.8, 4) is 0 Å². The summed E-state index contributed by atoms with van der Waals surface area (Å²) in [5.74, 6) is 0. The van der Waals surface area contributed by atoms with Crippen LogP contribution in [0.5, 0.6) is 0 Å². The molecule has 0 atom stereocenters. The summed E-state index contributed by atoms with van der Waals surface area (Å²) in [5, 5.41) is 12.3. The SMILES string of the molecule is [2H]c1c(C([2H])([2H])[2H])c(Cl)n[nH]c1=N. The lowest BCUT2D eigenvalue weighted by Gasteiger charge is -1.91. The minimum Gasteiger partial charge on any atom is -0.283 e. The van der Waals surface area contributed by atoms with E-state index in [0.29, 0.717) is 0 Å². The second-order valence-corrected chi connectivity index (χ2v) is 1.75. The zero-order chi connectivity index (χ0) is 10.2. The molecule has 0 aliphatic carbocycles. The van der Waals surface area contributed by atoms with Crippen LogP contribution in [0.2, 0.25) is 5.15 Å². The first-order valence-corrected chi connectivity index (χ1v) is 2.51. The quantitative estimate of drug-likeness (QED) is 0.562. The predicted molar refractivity (Wildman–Crippen MR) is 34.2 cm³/mol. The van der Waals surface area contributed by atoms with Crippen LogP contribution in [0.3, 0.4) is 0 Å². The first kappa shape index (κ1) is 2.84. The van der Waals surface area contributed by atoms with E-state index in [1.54, 1.807) is 0 Å². The number of H-pyrrole nitrogens is 1. The van der Waals surface area contributed by atoms with E-state index in [2.05, 4.69) is 10.2 Å². The van der Waals surface area contributed by atoms with E-state index in [4.69, 9.17) is 22.5 Å². The Morgan fingerprint density at radius 2 is 2.89 bits per heavy atom. The third-order valence-corrected chi connectivity index (χ3v) is 0.996. The number of halogens is 1. The monoisotopic (exact) mass is 147 g/mol. The van der Waals surface area contributed by atoms with Gasteiger partial charge in [-0.25, -0.2) is 0 Å². The average molecular weight is 148 g/mol. The van der Waals surface area contributed by atoms with E-state index in [1.165, 1.54) is 0 Å². The molecular formula is C5H6ClN3. The number of hydrogen-bond acceptors (Lipinski definition) is 2. The number of aromatic amines is 1. The highest BCUT2D eigenvalue weighted by Gasteiger charge is 1.91. The predicted octanol–water partition coefficient (Wildman–Crippen LogP) is 0.851. The minimum absolute atomic E-state index is 0.291. The molecule has 9 heavy (non-hydrogen) atoms. The molecule has 2 N–H and O–H groups in total. The molecule has 0 fully saturated rings. The van der Waals surface area contributed by atoms with Gasteiger partial charge in [0.1, 0.15) is 5.49 Å². The van der Waals surface area contributed by atoms with Crippen molar-refractivity contribution in [3.63, 3.8) is 0 Å². The molecule has 0 saturated heterocycles.